The maximum atomic E-state index is 13.0. The molecule has 2 N–H and O–H groups in total. The fourth-order valence-corrected chi connectivity index (χ4v) is 6.93. The van der Waals surface area contributed by atoms with Crippen LogP contribution in [0.3, 0.4) is 0 Å². The van der Waals surface area contributed by atoms with Gasteiger partial charge >= 0.3 is 0 Å². The summed E-state index contributed by atoms with van der Waals surface area (Å²) in [5, 5.41) is 10.3. The highest BCUT2D eigenvalue weighted by Crippen LogP contribution is 2.31. The highest BCUT2D eigenvalue weighted by molar-refractivity contribution is 8.93. The SMILES string of the molecule is Br.Br.O=C1c2cccc3cccc(c23)C(=O)N1CCCNCCCCCCCCCNCCCN1C(=O)c2cccc3cccc(c23)C1=O. The molecule has 0 radical (unpaired) electrons. The minimum atomic E-state index is -0.191. The van der Waals surface area contributed by atoms with Gasteiger partial charge < -0.3 is 10.6 Å². The van der Waals surface area contributed by atoms with Crippen LogP contribution >= 0.6 is 34.0 Å². The van der Waals surface area contributed by atoms with Gasteiger partial charge in [-0.2, -0.15) is 0 Å². The van der Waals surface area contributed by atoms with Gasteiger partial charge in [-0.3, -0.25) is 29.0 Å². The Labute approximate surface area is 309 Å². The first-order valence-corrected chi connectivity index (χ1v) is 17.2. The molecule has 0 atom stereocenters. The van der Waals surface area contributed by atoms with E-state index < -0.39 is 0 Å². The molecule has 260 valence electrons. The zero-order valence-corrected chi connectivity index (χ0v) is 31.3. The van der Waals surface area contributed by atoms with E-state index >= 15 is 0 Å². The van der Waals surface area contributed by atoms with Gasteiger partial charge in [-0.15, -0.1) is 34.0 Å². The summed E-state index contributed by atoms with van der Waals surface area (Å²) < 4.78 is 0. The Hall–Kier alpha value is -3.44. The zero-order chi connectivity index (χ0) is 32.6. The molecular weight excluding hydrogens is 748 g/mol. The number of amides is 4. The quantitative estimate of drug-likeness (QED) is 0.0791. The summed E-state index contributed by atoms with van der Waals surface area (Å²) in [6, 6.07) is 22.5. The van der Waals surface area contributed by atoms with Crippen LogP contribution in [0.25, 0.3) is 21.5 Å². The second-order valence-corrected chi connectivity index (χ2v) is 12.6. The number of hydrogen-bond donors (Lipinski definition) is 2. The summed E-state index contributed by atoms with van der Waals surface area (Å²) in [6.07, 6.45) is 9.82. The average molecular weight is 795 g/mol. The minimum absolute atomic E-state index is 0. The molecule has 0 aromatic heterocycles. The molecule has 49 heavy (non-hydrogen) atoms. The van der Waals surface area contributed by atoms with Gasteiger partial charge in [-0.1, -0.05) is 80.6 Å². The molecule has 0 saturated heterocycles. The fourth-order valence-electron chi connectivity index (χ4n) is 6.93. The van der Waals surface area contributed by atoms with Crippen LogP contribution in [-0.2, 0) is 0 Å². The fraction of sp³-hybridized carbons (Fsp3) is 0.385. The predicted molar refractivity (Wildman–Crippen MR) is 207 cm³/mol. The molecule has 2 heterocycles. The lowest BCUT2D eigenvalue weighted by Gasteiger charge is -2.27. The molecule has 4 aromatic rings. The lowest BCUT2D eigenvalue weighted by Crippen LogP contribution is -2.41. The van der Waals surface area contributed by atoms with Crippen LogP contribution in [0.4, 0.5) is 0 Å². The molecule has 4 amide bonds. The molecule has 0 spiro atoms. The number of benzene rings is 4. The molecule has 0 saturated carbocycles. The van der Waals surface area contributed by atoms with Crippen molar-refractivity contribution in [2.24, 2.45) is 0 Å². The van der Waals surface area contributed by atoms with Crippen molar-refractivity contribution in [3.05, 3.63) is 95.1 Å². The van der Waals surface area contributed by atoms with E-state index in [9.17, 15) is 19.2 Å². The molecule has 2 aliphatic rings. The predicted octanol–water partition coefficient (Wildman–Crippen LogP) is 7.73. The van der Waals surface area contributed by atoms with Crippen LogP contribution in [0.2, 0.25) is 0 Å². The lowest BCUT2D eigenvalue weighted by atomic mass is 9.94. The van der Waals surface area contributed by atoms with Gasteiger partial charge in [0.05, 0.1) is 0 Å². The van der Waals surface area contributed by atoms with Crippen LogP contribution in [0, 0.1) is 0 Å². The highest BCUT2D eigenvalue weighted by atomic mass is 79.9. The van der Waals surface area contributed by atoms with Crippen molar-refractivity contribution in [3.8, 4) is 0 Å². The monoisotopic (exact) mass is 792 g/mol. The zero-order valence-electron chi connectivity index (χ0n) is 27.9. The lowest BCUT2D eigenvalue weighted by molar-refractivity contribution is 0.0593. The number of nitrogens with one attached hydrogen (secondary N) is 2. The minimum Gasteiger partial charge on any atom is -0.317 e. The number of carbonyl (C=O) groups excluding carboxylic acids is 4. The Morgan fingerprint density at radius 3 is 1.00 bits per heavy atom. The van der Waals surface area contributed by atoms with Crippen molar-refractivity contribution >= 4 is 79.1 Å². The third kappa shape index (κ3) is 8.66. The highest BCUT2D eigenvalue weighted by Gasteiger charge is 2.33. The number of rotatable bonds is 18. The molecular formula is C39H46Br2N4O4. The van der Waals surface area contributed by atoms with Crippen molar-refractivity contribution in [2.45, 2.75) is 57.8 Å². The summed E-state index contributed by atoms with van der Waals surface area (Å²) >= 11 is 0. The van der Waals surface area contributed by atoms with Crippen molar-refractivity contribution in [3.63, 3.8) is 0 Å². The molecule has 10 heteroatoms. The second-order valence-electron chi connectivity index (χ2n) is 12.6. The summed E-state index contributed by atoms with van der Waals surface area (Å²) in [5.74, 6) is -0.765. The first-order chi connectivity index (χ1) is 23.1. The van der Waals surface area contributed by atoms with Gasteiger partial charge in [0.25, 0.3) is 23.6 Å². The van der Waals surface area contributed by atoms with E-state index in [0.717, 1.165) is 73.4 Å². The number of carbonyl (C=O) groups is 4. The summed E-state index contributed by atoms with van der Waals surface area (Å²) in [6.45, 7) is 4.31. The maximum absolute atomic E-state index is 13.0. The summed E-state index contributed by atoms with van der Waals surface area (Å²) in [5.41, 5.74) is 2.47. The number of unbranched alkanes of at least 4 members (excludes halogenated alkanes) is 6. The second kappa shape index (κ2) is 18.5. The molecule has 4 aromatic carbocycles. The average Bonchev–Trinajstić information content (AvgIpc) is 3.09. The Bertz CT molecular complexity index is 1570. The first kappa shape index (κ1) is 38.4. The Kier molecular flexibility index (Phi) is 14.5. The topological polar surface area (TPSA) is 98.8 Å². The van der Waals surface area contributed by atoms with Crippen LogP contribution < -0.4 is 10.6 Å². The van der Waals surface area contributed by atoms with Crippen LogP contribution in [0.5, 0.6) is 0 Å². The van der Waals surface area contributed by atoms with E-state index in [1.807, 2.05) is 72.8 Å². The van der Waals surface area contributed by atoms with Gasteiger partial charge in [-0.25, -0.2) is 0 Å². The van der Waals surface area contributed by atoms with E-state index in [4.69, 9.17) is 0 Å². The molecule has 8 nitrogen and oxygen atoms in total. The summed E-state index contributed by atoms with van der Waals surface area (Å²) in [4.78, 5) is 54.8. The standard InChI is InChI=1S/C39H44N4O4.2BrH/c44-36-30-18-8-14-28-15-9-19-31(34(28)30)37(45)42(36)26-12-24-40-22-6-4-2-1-3-5-7-23-41-25-13-27-43-38(46)32-20-10-16-29-17-11-21-33(35(29)32)39(43)47;;/h8-11,14-21,40-41H,1-7,12-13,22-27H2;2*1H. The van der Waals surface area contributed by atoms with Gasteiger partial charge in [-0.05, 0) is 86.9 Å². The first-order valence-electron chi connectivity index (χ1n) is 17.2. The van der Waals surface area contributed by atoms with E-state index in [1.165, 1.54) is 41.9 Å². The molecule has 0 unspecified atom stereocenters. The number of nitrogens with zero attached hydrogens (tertiary/aromatic N) is 2. The van der Waals surface area contributed by atoms with Crippen molar-refractivity contribution in [2.75, 3.05) is 39.3 Å². The third-order valence-electron chi connectivity index (χ3n) is 9.39. The van der Waals surface area contributed by atoms with Gasteiger partial charge in [0.1, 0.15) is 0 Å². The molecule has 2 aliphatic heterocycles. The maximum Gasteiger partial charge on any atom is 0.261 e. The van der Waals surface area contributed by atoms with Crippen molar-refractivity contribution < 1.29 is 19.2 Å². The number of imide groups is 2. The number of hydrogen-bond acceptors (Lipinski definition) is 6. The van der Waals surface area contributed by atoms with Gasteiger partial charge in [0.15, 0.2) is 0 Å². The molecule has 0 aliphatic carbocycles. The Balaban J connectivity index is 0.00000270. The van der Waals surface area contributed by atoms with Crippen LogP contribution in [0.1, 0.15) is 99.2 Å². The largest absolute Gasteiger partial charge is 0.317 e. The van der Waals surface area contributed by atoms with Gasteiger partial charge in [0.2, 0.25) is 0 Å². The van der Waals surface area contributed by atoms with Crippen molar-refractivity contribution in [1.82, 2.24) is 20.4 Å². The molecule has 0 bridgehead atoms. The Morgan fingerprint density at radius 1 is 0.388 bits per heavy atom. The third-order valence-corrected chi connectivity index (χ3v) is 9.39. The molecule has 6 rings (SSSR count). The van der Waals surface area contributed by atoms with E-state index in [1.54, 1.807) is 0 Å². The van der Waals surface area contributed by atoms with E-state index in [-0.39, 0.29) is 57.6 Å². The number of halogens is 2. The molecule has 0 fully saturated rings. The summed E-state index contributed by atoms with van der Waals surface area (Å²) in [7, 11) is 0. The normalized spacial score (nSPS) is 13.6. The van der Waals surface area contributed by atoms with Crippen LogP contribution in [0.15, 0.2) is 72.8 Å². The van der Waals surface area contributed by atoms with Gasteiger partial charge in [0, 0.05) is 46.1 Å². The van der Waals surface area contributed by atoms with E-state index in [2.05, 4.69) is 10.6 Å². The van der Waals surface area contributed by atoms with Crippen molar-refractivity contribution in [1.29, 1.82) is 0 Å². The van der Waals surface area contributed by atoms with Crippen LogP contribution in [-0.4, -0.2) is 72.7 Å². The smallest absolute Gasteiger partial charge is 0.261 e. The van der Waals surface area contributed by atoms with E-state index in [0.29, 0.717) is 35.3 Å². The Morgan fingerprint density at radius 2 is 0.673 bits per heavy atom.